The van der Waals surface area contributed by atoms with Gasteiger partial charge in [0.2, 0.25) is 5.91 Å². The minimum Gasteiger partial charge on any atom is -0.353 e. The van der Waals surface area contributed by atoms with Gasteiger partial charge in [0.1, 0.15) is 0 Å². The first-order valence-corrected chi connectivity index (χ1v) is 6.67. The van der Waals surface area contributed by atoms with Crippen molar-refractivity contribution in [3.8, 4) is 0 Å². The highest BCUT2D eigenvalue weighted by atomic mass is 16.1. The van der Waals surface area contributed by atoms with Gasteiger partial charge in [-0.15, -0.1) is 0 Å². The Morgan fingerprint density at radius 1 is 1.35 bits per heavy atom. The van der Waals surface area contributed by atoms with Crippen molar-refractivity contribution in [3.05, 3.63) is 0 Å². The van der Waals surface area contributed by atoms with Crippen LogP contribution in [-0.2, 0) is 4.79 Å². The zero-order valence-electron chi connectivity index (χ0n) is 11.4. The summed E-state index contributed by atoms with van der Waals surface area (Å²) in [6.07, 6.45) is 5.12. The van der Waals surface area contributed by atoms with Crippen LogP contribution < -0.4 is 11.1 Å². The van der Waals surface area contributed by atoms with Crippen molar-refractivity contribution in [1.29, 1.82) is 0 Å². The highest BCUT2D eigenvalue weighted by Crippen LogP contribution is 2.24. The fourth-order valence-electron chi connectivity index (χ4n) is 2.58. The molecule has 100 valence electrons. The number of hydrogen-bond acceptors (Lipinski definition) is 3. The van der Waals surface area contributed by atoms with Crippen molar-refractivity contribution in [2.75, 3.05) is 20.6 Å². The molecule has 0 aliphatic heterocycles. The van der Waals surface area contributed by atoms with Crippen molar-refractivity contribution in [3.63, 3.8) is 0 Å². The molecule has 0 saturated heterocycles. The zero-order chi connectivity index (χ0) is 12.8. The number of hydrogen-bond donors (Lipinski definition) is 2. The van der Waals surface area contributed by atoms with Gasteiger partial charge in [0.25, 0.3) is 0 Å². The molecule has 3 N–H and O–H groups in total. The van der Waals surface area contributed by atoms with E-state index < -0.39 is 0 Å². The van der Waals surface area contributed by atoms with Gasteiger partial charge < -0.3 is 16.0 Å². The molecule has 0 aromatic rings. The van der Waals surface area contributed by atoms with Gasteiger partial charge in [0.05, 0.1) is 0 Å². The van der Waals surface area contributed by atoms with Crippen LogP contribution >= 0.6 is 0 Å². The summed E-state index contributed by atoms with van der Waals surface area (Å²) in [6, 6.07) is 0.333. The molecule has 1 saturated carbocycles. The second kappa shape index (κ2) is 6.97. The predicted molar refractivity (Wildman–Crippen MR) is 70.7 cm³/mol. The molecule has 0 aromatic carbocycles. The van der Waals surface area contributed by atoms with Crippen molar-refractivity contribution < 1.29 is 4.79 Å². The van der Waals surface area contributed by atoms with E-state index in [0.29, 0.717) is 12.5 Å². The van der Waals surface area contributed by atoms with Crippen LogP contribution in [-0.4, -0.2) is 43.5 Å². The third-order valence-electron chi connectivity index (χ3n) is 3.34. The van der Waals surface area contributed by atoms with E-state index in [2.05, 4.69) is 24.3 Å². The van der Waals surface area contributed by atoms with E-state index in [1.165, 1.54) is 19.4 Å². The van der Waals surface area contributed by atoms with Crippen LogP contribution in [0.25, 0.3) is 0 Å². The van der Waals surface area contributed by atoms with Crippen LogP contribution in [0.3, 0.4) is 0 Å². The predicted octanol–water partition coefficient (Wildman–Crippen LogP) is 0.960. The molecule has 0 aromatic heterocycles. The first kappa shape index (κ1) is 14.5. The van der Waals surface area contributed by atoms with Gasteiger partial charge in [0.15, 0.2) is 0 Å². The van der Waals surface area contributed by atoms with Crippen molar-refractivity contribution in [2.24, 2.45) is 11.7 Å². The summed E-state index contributed by atoms with van der Waals surface area (Å²) in [6.45, 7) is 3.04. The van der Waals surface area contributed by atoms with E-state index >= 15 is 0 Å². The van der Waals surface area contributed by atoms with E-state index in [4.69, 9.17) is 5.73 Å². The third-order valence-corrected chi connectivity index (χ3v) is 3.34. The van der Waals surface area contributed by atoms with Crippen LogP contribution in [0.1, 0.15) is 39.0 Å². The Bertz CT molecular complexity index is 233. The Morgan fingerprint density at radius 2 is 1.94 bits per heavy atom. The monoisotopic (exact) mass is 241 g/mol. The molecular formula is C13H27N3O. The quantitative estimate of drug-likeness (QED) is 0.754. The lowest BCUT2D eigenvalue weighted by molar-refractivity contribution is -0.122. The van der Waals surface area contributed by atoms with Crippen molar-refractivity contribution in [1.82, 2.24) is 10.2 Å². The normalized spacial score (nSPS) is 26.9. The number of nitrogens with one attached hydrogen (secondary N) is 1. The van der Waals surface area contributed by atoms with Crippen molar-refractivity contribution >= 4 is 5.91 Å². The Labute approximate surface area is 105 Å². The minimum atomic E-state index is -0.0416. The number of amides is 1. The van der Waals surface area contributed by atoms with Gasteiger partial charge in [-0.3, -0.25) is 4.79 Å². The summed E-state index contributed by atoms with van der Waals surface area (Å²) < 4.78 is 0. The molecule has 0 bridgehead atoms. The summed E-state index contributed by atoms with van der Waals surface area (Å²) >= 11 is 0. The van der Waals surface area contributed by atoms with E-state index in [-0.39, 0.29) is 11.9 Å². The molecule has 1 fully saturated rings. The lowest BCUT2D eigenvalue weighted by atomic mass is 9.85. The molecular weight excluding hydrogens is 214 g/mol. The van der Waals surface area contributed by atoms with Gasteiger partial charge in [0, 0.05) is 25.0 Å². The molecule has 1 aliphatic rings. The Balaban J connectivity index is 2.20. The fourth-order valence-corrected chi connectivity index (χ4v) is 2.58. The molecule has 0 spiro atoms. The van der Waals surface area contributed by atoms with E-state index in [0.717, 1.165) is 18.8 Å². The van der Waals surface area contributed by atoms with E-state index in [1.54, 1.807) is 0 Å². The topological polar surface area (TPSA) is 58.4 Å². The minimum absolute atomic E-state index is 0.0416. The molecule has 1 aliphatic carbocycles. The maximum absolute atomic E-state index is 11.6. The first-order chi connectivity index (χ1) is 7.97. The van der Waals surface area contributed by atoms with Crippen LogP contribution in [0.2, 0.25) is 0 Å². The second-order valence-corrected chi connectivity index (χ2v) is 5.73. The van der Waals surface area contributed by atoms with Gasteiger partial charge in [-0.25, -0.2) is 0 Å². The van der Waals surface area contributed by atoms with Gasteiger partial charge in [-0.2, -0.15) is 0 Å². The Morgan fingerprint density at radius 3 is 2.41 bits per heavy atom. The average molecular weight is 241 g/mol. The molecule has 0 radical (unpaired) electrons. The van der Waals surface area contributed by atoms with Crippen LogP contribution in [0.4, 0.5) is 0 Å². The Kier molecular flexibility index (Phi) is 5.92. The number of nitrogens with zero attached hydrogens (tertiary/aromatic N) is 1. The molecule has 1 rings (SSSR count). The van der Waals surface area contributed by atoms with Gasteiger partial charge in [-0.05, 0) is 52.6 Å². The summed E-state index contributed by atoms with van der Waals surface area (Å²) in [4.78, 5) is 13.8. The number of carbonyl (C=O) groups excluding carboxylic acids is 1. The molecule has 1 atom stereocenters. The van der Waals surface area contributed by atoms with E-state index in [1.807, 2.05) is 6.92 Å². The van der Waals surface area contributed by atoms with Crippen LogP contribution in [0.15, 0.2) is 0 Å². The van der Waals surface area contributed by atoms with Gasteiger partial charge >= 0.3 is 0 Å². The molecule has 0 heterocycles. The molecule has 1 unspecified atom stereocenters. The maximum atomic E-state index is 11.6. The van der Waals surface area contributed by atoms with Crippen LogP contribution in [0.5, 0.6) is 0 Å². The van der Waals surface area contributed by atoms with Crippen molar-refractivity contribution in [2.45, 2.75) is 51.1 Å². The molecule has 4 heteroatoms. The highest BCUT2D eigenvalue weighted by molar-refractivity contribution is 5.76. The first-order valence-electron chi connectivity index (χ1n) is 6.67. The second-order valence-electron chi connectivity index (χ2n) is 5.73. The third kappa shape index (κ3) is 6.03. The lowest BCUT2D eigenvalue weighted by Crippen LogP contribution is -2.40. The number of carbonyl (C=O) groups is 1. The number of nitrogens with two attached hydrogens (primary N) is 1. The van der Waals surface area contributed by atoms with E-state index in [9.17, 15) is 4.79 Å². The lowest BCUT2D eigenvalue weighted by Gasteiger charge is -2.30. The largest absolute Gasteiger partial charge is 0.353 e. The number of rotatable bonds is 5. The summed E-state index contributed by atoms with van der Waals surface area (Å²) in [5.41, 5.74) is 5.61. The zero-order valence-corrected chi connectivity index (χ0v) is 11.4. The summed E-state index contributed by atoms with van der Waals surface area (Å²) in [7, 11) is 4.24. The summed E-state index contributed by atoms with van der Waals surface area (Å²) in [5, 5.41) is 3.09. The SMILES string of the molecule is CC(N)CC(=O)NC1CCC(CN(C)C)CC1. The van der Waals surface area contributed by atoms with Crippen LogP contribution in [0, 0.1) is 5.92 Å². The fraction of sp³-hybridized carbons (Fsp3) is 0.923. The molecule has 1 amide bonds. The standard InChI is InChI=1S/C13H27N3O/c1-10(14)8-13(17)15-12-6-4-11(5-7-12)9-16(2)3/h10-12H,4-9,14H2,1-3H3,(H,15,17). The molecule has 4 nitrogen and oxygen atoms in total. The average Bonchev–Trinajstić information content (AvgIpc) is 2.18. The molecule has 17 heavy (non-hydrogen) atoms. The van der Waals surface area contributed by atoms with Gasteiger partial charge in [-0.1, -0.05) is 0 Å². The Hall–Kier alpha value is -0.610. The maximum Gasteiger partial charge on any atom is 0.221 e. The highest BCUT2D eigenvalue weighted by Gasteiger charge is 2.22. The smallest absolute Gasteiger partial charge is 0.221 e. The summed E-state index contributed by atoms with van der Waals surface area (Å²) in [5.74, 6) is 0.905.